The number of nitrogens with zero attached hydrogens (tertiary/aromatic N) is 3. The van der Waals surface area contributed by atoms with E-state index in [1.807, 2.05) is 66.9 Å². The van der Waals surface area contributed by atoms with E-state index in [1.54, 1.807) is 6.20 Å². The first-order chi connectivity index (χ1) is 21.1. The lowest BCUT2D eigenvalue weighted by Gasteiger charge is -2.43. The Hall–Kier alpha value is -3.14. The predicted molar refractivity (Wildman–Crippen MR) is 174 cm³/mol. The summed E-state index contributed by atoms with van der Waals surface area (Å²) in [7, 11) is 0. The van der Waals surface area contributed by atoms with Gasteiger partial charge in [-0.3, -0.25) is 19.6 Å². The third-order valence-corrected chi connectivity index (χ3v) is 8.89. The Bertz CT molecular complexity index is 1330. The number of benzene rings is 2. The number of piperazine rings is 1. The van der Waals surface area contributed by atoms with Gasteiger partial charge in [0.25, 0.3) is 0 Å². The lowest BCUT2D eigenvalue weighted by molar-refractivity contribution is -0.127. The molecule has 5 atom stereocenters. The zero-order valence-corrected chi connectivity index (χ0v) is 26.4. The first-order valence-corrected chi connectivity index (χ1v) is 16.0. The fourth-order valence-corrected chi connectivity index (χ4v) is 6.58. The lowest BCUT2D eigenvalue weighted by Crippen LogP contribution is -2.59. The molecule has 0 unspecified atom stereocenters. The van der Waals surface area contributed by atoms with E-state index in [-0.39, 0.29) is 17.5 Å². The third-order valence-electron chi connectivity index (χ3n) is 8.89. The molecule has 2 aromatic carbocycles. The van der Waals surface area contributed by atoms with Crippen LogP contribution < -0.4 is 10.6 Å². The molecule has 0 bridgehead atoms. The van der Waals surface area contributed by atoms with Gasteiger partial charge in [-0.15, -0.1) is 0 Å². The van der Waals surface area contributed by atoms with E-state index in [4.69, 9.17) is 0 Å². The zero-order chi connectivity index (χ0) is 31.1. The van der Waals surface area contributed by atoms with Gasteiger partial charge in [-0.05, 0) is 61.9 Å². The Morgan fingerprint density at radius 3 is 2.52 bits per heavy atom. The topological polar surface area (TPSA) is 101 Å². The molecule has 1 amide bonds. The number of nitrogens with one attached hydrogen (secondary N) is 2. The van der Waals surface area contributed by atoms with Gasteiger partial charge in [0.1, 0.15) is 0 Å². The zero-order valence-electron chi connectivity index (χ0n) is 26.4. The molecule has 5 rings (SSSR count). The normalized spacial score (nSPS) is 22.3. The van der Waals surface area contributed by atoms with E-state index in [0.29, 0.717) is 25.8 Å². The highest BCUT2D eigenvalue weighted by Crippen LogP contribution is 2.32. The van der Waals surface area contributed by atoms with Crippen molar-refractivity contribution in [3.8, 4) is 0 Å². The fraction of sp³-hybridized carbons (Fsp3) is 0.500. The number of carbonyl (C=O) groups excluding carboxylic acids is 1. The second-order valence-electron chi connectivity index (χ2n) is 13.6. The van der Waals surface area contributed by atoms with Crippen molar-refractivity contribution in [3.05, 3.63) is 101 Å². The van der Waals surface area contributed by atoms with E-state index in [0.717, 1.165) is 49.4 Å². The minimum absolute atomic E-state index is 0.0157. The van der Waals surface area contributed by atoms with Gasteiger partial charge < -0.3 is 20.8 Å². The average molecular weight is 600 g/mol. The highest BCUT2D eigenvalue weighted by Gasteiger charge is 2.35. The quantitative estimate of drug-likeness (QED) is 0.253. The predicted octanol–water partition coefficient (Wildman–Crippen LogP) is 3.34. The largest absolute Gasteiger partial charge is 0.392 e. The van der Waals surface area contributed by atoms with Crippen LogP contribution in [0.1, 0.15) is 55.5 Å². The third kappa shape index (κ3) is 8.96. The summed E-state index contributed by atoms with van der Waals surface area (Å²) in [5.74, 6) is -0.550. The van der Waals surface area contributed by atoms with Crippen molar-refractivity contribution in [2.24, 2.45) is 5.92 Å². The molecule has 3 aromatic rings. The van der Waals surface area contributed by atoms with Crippen molar-refractivity contribution in [1.29, 1.82) is 0 Å². The molecule has 0 spiro atoms. The number of β-amino-alcohol motifs (C(OH)–C–C–N with tert-alkyl or cyclic N) is 1. The molecule has 1 saturated heterocycles. The van der Waals surface area contributed by atoms with Crippen LogP contribution in [0.15, 0.2) is 79.1 Å². The Balaban J connectivity index is 1.26. The highest BCUT2D eigenvalue weighted by atomic mass is 16.3. The summed E-state index contributed by atoms with van der Waals surface area (Å²) in [4.78, 5) is 22.9. The summed E-state index contributed by atoms with van der Waals surface area (Å²) in [5, 5.41) is 29.1. The molecule has 4 N–H and O–H groups in total. The maximum atomic E-state index is 13.8. The molecule has 2 heterocycles. The Morgan fingerprint density at radius 1 is 1.02 bits per heavy atom. The molecule has 2 aliphatic rings. The molecule has 44 heavy (non-hydrogen) atoms. The molecule has 8 nitrogen and oxygen atoms in total. The van der Waals surface area contributed by atoms with Gasteiger partial charge in [0.15, 0.2) is 0 Å². The second kappa shape index (κ2) is 14.8. The summed E-state index contributed by atoms with van der Waals surface area (Å²) in [6.45, 7) is 11.3. The van der Waals surface area contributed by atoms with Crippen LogP contribution in [0.5, 0.6) is 0 Å². The van der Waals surface area contributed by atoms with Crippen LogP contribution in [0.3, 0.4) is 0 Å². The molecule has 236 valence electrons. The molecule has 1 aliphatic heterocycles. The summed E-state index contributed by atoms with van der Waals surface area (Å²) >= 11 is 0. The van der Waals surface area contributed by atoms with Crippen molar-refractivity contribution in [3.63, 3.8) is 0 Å². The van der Waals surface area contributed by atoms with Gasteiger partial charge in [-0.25, -0.2) is 0 Å². The monoisotopic (exact) mass is 599 g/mol. The van der Waals surface area contributed by atoms with E-state index in [1.165, 1.54) is 5.56 Å². The molecule has 0 radical (unpaired) electrons. The molecule has 1 fully saturated rings. The summed E-state index contributed by atoms with van der Waals surface area (Å²) in [6, 6.07) is 21.8. The highest BCUT2D eigenvalue weighted by molar-refractivity contribution is 5.79. The van der Waals surface area contributed by atoms with Crippen molar-refractivity contribution in [2.75, 3.05) is 32.7 Å². The summed E-state index contributed by atoms with van der Waals surface area (Å²) < 4.78 is 0. The molecule has 0 saturated carbocycles. The lowest BCUT2D eigenvalue weighted by atomic mass is 9.91. The van der Waals surface area contributed by atoms with Crippen molar-refractivity contribution < 1.29 is 15.0 Å². The van der Waals surface area contributed by atoms with E-state index < -0.39 is 24.2 Å². The number of hydrogen-bond acceptors (Lipinski definition) is 7. The number of fused-ring (bicyclic) bond motifs is 1. The van der Waals surface area contributed by atoms with Gasteiger partial charge in [0, 0.05) is 75.6 Å². The van der Waals surface area contributed by atoms with E-state index >= 15 is 0 Å². The number of amides is 1. The van der Waals surface area contributed by atoms with Crippen molar-refractivity contribution >= 4 is 5.91 Å². The van der Waals surface area contributed by atoms with Crippen LogP contribution in [-0.2, 0) is 24.2 Å². The number of aliphatic hydroxyl groups excluding tert-OH is 2. The van der Waals surface area contributed by atoms with E-state index in [2.05, 4.69) is 52.3 Å². The molecular weight excluding hydrogens is 550 g/mol. The van der Waals surface area contributed by atoms with Crippen LogP contribution in [0.25, 0.3) is 0 Å². The van der Waals surface area contributed by atoms with Crippen LogP contribution >= 0.6 is 0 Å². The van der Waals surface area contributed by atoms with Crippen molar-refractivity contribution in [2.45, 2.75) is 76.4 Å². The van der Waals surface area contributed by atoms with Gasteiger partial charge >= 0.3 is 0 Å². The van der Waals surface area contributed by atoms with Gasteiger partial charge in [-0.1, -0.05) is 60.7 Å². The SMILES string of the molecule is CC(C)(C)NC[C@@H]1CN(Cc2cccnc2)CCN1C[C@@H](O)C[C@@H](Cc1ccccc1)C(=O)N[C@H]1c2ccccc2C[C@H]1O. The summed E-state index contributed by atoms with van der Waals surface area (Å²) in [6.07, 6.45) is 3.82. The summed E-state index contributed by atoms with van der Waals surface area (Å²) in [5.41, 5.74) is 4.29. The van der Waals surface area contributed by atoms with Crippen LogP contribution in [0.2, 0.25) is 0 Å². The van der Waals surface area contributed by atoms with Crippen LogP contribution in [-0.4, -0.2) is 87.4 Å². The van der Waals surface area contributed by atoms with Gasteiger partial charge in [-0.2, -0.15) is 0 Å². The number of carbonyl (C=O) groups is 1. The number of rotatable bonds is 12. The first-order valence-electron chi connectivity index (χ1n) is 16.0. The standard InChI is InChI=1S/C36H49N5O3/c1-36(2,3)38-22-30-24-40(23-27-12-9-15-37-21-27)16-17-41(30)25-31(42)19-29(18-26-10-5-4-6-11-26)35(44)39-34-32-14-8-7-13-28(32)20-33(34)43/h4-15,21,29-31,33-34,38,42-43H,16-20,22-25H2,1-3H3,(H,39,44)/t29-,30-,31+,33-,34+/m1/s1. The number of aromatic nitrogens is 1. The molecule has 1 aromatic heterocycles. The maximum Gasteiger partial charge on any atom is 0.224 e. The van der Waals surface area contributed by atoms with Crippen LogP contribution in [0, 0.1) is 5.92 Å². The number of pyridine rings is 1. The Labute approximate surface area is 262 Å². The second-order valence-corrected chi connectivity index (χ2v) is 13.6. The minimum Gasteiger partial charge on any atom is -0.392 e. The minimum atomic E-state index is -0.669. The van der Waals surface area contributed by atoms with Crippen molar-refractivity contribution in [1.82, 2.24) is 25.4 Å². The number of hydrogen-bond donors (Lipinski definition) is 4. The molecule has 1 aliphatic carbocycles. The Morgan fingerprint density at radius 2 is 1.77 bits per heavy atom. The number of aliphatic hydroxyl groups is 2. The maximum absolute atomic E-state index is 13.8. The Kier molecular flexibility index (Phi) is 10.8. The average Bonchev–Trinajstić information content (AvgIpc) is 3.32. The van der Waals surface area contributed by atoms with Gasteiger partial charge in [0.2, 0.25) is 5.91 Å². The first kappa shape index (κ1) is 32.3. The smallest absolute Gasteiger partial charge is 0.224 e. The fourth-order valence-electron chi connectivity index (χ4n) is 6.58. The molecular formula is C36H49N5O3. The molecule has 8 heteroatoms. The van der Waals surface area contributed by atoms with E-state index in [9.17, 15) is 15.0 Å². The van der Waals surface area contributed by atoms with Gasteiger partial charge in [0.05, 0.1) is 18.2 Å². The van der Waals surface area contributed by atoms with Crippen LogP contribution in [0.4, 0.5) is 0 Å².